The zero-order valence-electron chi connectivity index (χ0n) is 29.9. The van der Waals surface area contributed by atoms with Crippen LogP contribution in [-0.4, -0.2) is 63.5 Å². The van der Waals surface area contributed by atoms with E-state index in [0.717, 1.165) is 29.8 Å². The predicted octanol–water partition coefficient (Wildman–Crippen LogP) is 8.02. The Bertz CT molecular complexity index is 1540. The molecule has 0 heterocycles. The molecule has 10 heteroatoms. The molecule has 258 valence electrons. The predicted molar refractivity (Wildman–Crippen MR) is 198 cm³/mol. The summed E-state index contributed by atoms with van der Waals surface area (Å²) < 4.78 is 24.7. The second-order valence-electron chi connectivity index (χ2n) is 14.4. The summed E-state index contributed by atoms with van der Waals surface area (Å²) >= 11 is -4.88. The quantitative estimate of drug-likeness (QED) is 0.0835. The Morgan fingerprint density at radius 1 is 0.875 bits per heavy atom. The first-order chi connectivity index (χ1) is 22.6. The van der Waals surface area contributed by atoms with E-state index in [4.69, 9.17) is 19.5 Å². The van der Waals surface area contributed by atoms with Crippen LogP contribution in [0.3, 0.4) is 0 Å². The summed E-state index contributed by atoms with van der Waals surface area (Å²) in [4.78, 5) is 31.7. The third kappa shape index (κ3) is 12.7. The fourth-order valence-electron chi connectivity index (χ4n) is 5.36. The molecule has 3 aromatic rings. The molecule has 0 aliphatic carbocycles. The average molecular weight is 824 g/mol. The van der Waals surface area contributed by atoms with Gasteiger partial charge in [-0.05, 0) is 0 Å². The maximum absolute atomic E-state index is 13.1. The monoisotopic (exact) mass is 826 g/mol. The van der Waals surface area contributed by atoms with Gasteiger partial charge in [0.2, 0.25) is 0 Å². The van der Waals surface area contributed by atoms with Crippen LogP contribution in [0.1, 0.15) is 50.7 Å². The minimum absolute atomic E-state index is 0.240. The number of anilines is 1. The molecule has 8 nitrogen and oxygen atoms in total. The molecule has 3 rings (SSSR count). The van der Waals surface area contributed by atoms with Gasteiger partial charge in [0.25, 0.3) is 0 Å². The number of nitrogens with zero attached hydrogens (tertiary/aromatic N) is 1. The zero-order chi connectivity index (χ0) is 35.4. The van der Waals surface area contributed by atoms with Crippen molar-refractivity contribution in [1.82, 2.24) is 0 Å². The van der Waals surface area contributed by atoms with Gasteiger partial charge < -0.3 is 4.74 Å². The van der Waals surface area contributed by atoms with Crippen LogP contribution in [0.15, 0.2) is 66.7 Å². The maximum atomic E-state index is 13.1. The topological polar surface area (TPSA) is 107 Å². The van der Waals surface area contributed by atoms with E-state index >= 15 is 0 Å². The molecule has 0 aromatic heterocycles. The molecule has 1 amide bonds. The molecule has 1 N–H and O–H groups in total. The second-order valence-corrected chi connectivity index (χ2v) is 38.9. The van der Waals surface area contributed by atoms with E-state index in [1.54, 1.807) is 18.2 Å². The number of hydrogen-bond acceptors (Lipinski definition) is 7. The fraction of sp³-hybridized carbons (Fsp3) is 0.447. The van der Waals surface area contributed by atoms with Crippen LogP contribution in [0.2, 0.25) is 31.6 Å². The van der Waals surface area contributed by atoms with Gasteiger partial charge in [-0.3, -0.25) is 0 Å². The summed E-state index contributed by atoms with van der Waals surface area (Å²) in [6.07, 6.45) is 4.03. The second kappa shape index (κ2) is 18.0. The molecule has 0 radical (unpaired) electrons. The summed E-state index contributed by atoms with van der Waals surface area (Å²) in [6, 6.07) is 23.8. The van der Waals surface area contributed by atoms with E-state index in [9.17, 15) is 9.59 Å². The Morgan fingerprint density at radius 3 is 2.12 bits per heavy atom. The number of carbonyl (C=O) groups excluding carboxylic acids is 2. The van der Waals surface area contributed by atoms with Crippen LogP contribution in [0.5, 0.6) is 11.5 Å². The summed E-state index contributed by atoms with van der Waals surface area (Å²) in [6.45, 7) is 6.02. The van der Waals surface area contributed by atoms with Crippen molar-refractivity contribution in [1.29, 1.82) is 5.26 Å². The standard InChI is InChI=1S/C35H43GeN2O6.3CH3.Sn/c1-27-10-12-28(13-11-27)35(2,3)44-34(40)38-30-16-14-29(15-17-30)36(4,5)22-8-6-7-9-24-41-31-18-20-32(21-19-31)43-26-33(39)42-25-23-37;;;;/h10-16,18-21H,6-9,22,24-26H2,1-5H3,(H,38,40);3*1H3;. The first-order valence-electron chi connectivity index (χ1n) is 16.7. The van der Waals surface area contributed by atoms with Crippen LogP contribution in [0, 0.1) is 18.3 Å². The van der Waals surface area contributed by atoms with Gasteiger partial charge in [-0.25, -0.2) is 4.79 Å². The van der Waals surface area contributed by atoms with Gasteiger partial charge in [0.1, 0.15) is 6.07 Å². The van der Waals surface area contributed by atoms with Crippen molar-refractivity contribution in [2.24, 2.45) is 0 Å². The Morgan fingerprint density at radius 2 is 1.50 bits per heavy atom. The molecular formula is C38H52GeN2O6Sn. The van der Waals surface area contributed by atoms with Crippen molar-refractivity contribution in [2.75, 3.05) is 25.1 Å². The molecule has 0 saturated heterocycles. The van der Waals surface area contributed by atoms with Crippen molar-refractivity contribution in [2.45, 2.75) is 83.6 Å². The van der Waals surface area contributed by atoms with E-state index in [-0.39, 0.29) is 13.2 Å². The van der Waals surface area contributed by atoms with E-state index in [2.05, 4.69) is 54.6 Å². The molecule has 0 fully saturated rings. The number of carbonyl (C=O) groups is 2. The number of ether oxygens (including phenoxy) is 4. The third-order valence-electron chi connectivity index (χ3n) is 8.38. The summed E-state index contributed by atoms with van der Waals surface area (Å²) in [5.41, 5.74) is 2.28. The summed E-state index contributed by atoms with van der Waals surface area (Å²) in [5.74, 6) is 5.70. The Balaban J connectivity index is 1.46. The molecule has 48 heavy (non-hydrogen) atoms. The number of nitriles is 1. The molecule has 0 bridgehead atoms. The molecule has 0 aliphatic rings. The fourth-order valence-corrected chi connectivity index (χ4v) is 15.9. The summed E-state index contributed by atoms with van der Waals surface area (Å²) in [7, 11) is 0. The van der Waals surface area contributed by atoms with E-state index in [0.29, 0.717) is 12.4 Å². The number of rotatable bonds is 17. The average Bonchev–Trinajstić information content (AvgIpc) is 3.02. The van der Waals surface area contributed by atoms with Crippen LogP contribution < -0.4 is 22.8 Å². The minimum atomic E-state index is -2.60. The van der Waals surface area contributed by atoms with Crippen LogP contribution in [0.25, 0.3) is 0 Å². The van der Waals surface area contributed by atoms with Gasteiger partial charge in [-0.2, -0.15) is 5.26 Å². The van der Waals surface area contributed by atoms with Gasteiger partial charge in [-0.15, -0.1) is 0 Å². The SMILES string of the molecule is Cc1ccc(C(C)(C)OC(=O)Nc2cc[c]([Ge]([CH3])([CH3])[CH2]CCCCCOc3ccc(OCC(=O)OCC#N)cc3)c[c]2[Sn]([CH3])([CH3])[CH3])cc1. The number of benzene rings is 3. The first kappa shape index (κ1) is 39.3. The number of unbranched alkanes of at least 4 members (excludes halogenated alkanes) is 3. The normalized spacial score (nSPS) is 11.7. The summed E-state index contributed by atoms with van der Waals surface area (Å²) in [5, 5.41) is 12.8. The van der Waals surface area contributed by atoms with Crippen molar-refractivity contribution < 1.29 is 28.5 Å². The molecule has 0 saturated carbocycles. The van der Waals surface area contributed by atoms with Crippen molar-refractivity contribution >= 4 is 57.4 Å². The molecule has 0 unspecified atom stereocenters. The van der Waals surface area contributed by atoms with Crippen LogP contribution >= 0.6 is 0 Å². The Labute approximate surface area is 293 Å². The Kier molecular flexibility index (Phi) is 14.7. The van der Waals surface area contributed by atoms with Crippen molar-refractivity contribution in [3.05, 3.63) is 77.9 Å². The van der Waals surface area contributed by atoms with E-state index < -0.39 is 49.3 Å². The number of aryl methyl sites for hydroxylation is 1. The first-order valence-corrected chi connectivity index (χ1v) is 33.4. The van der Waals surface area contributed by atoms with Gasteiger partial charge in [0.05, 0.1) is 0 Å². The number of esters is 1. The molecule has 0 atom stereocenters. The van der Waals surface area contributed by atoms with Crippen molar-refractivity contribution in [3.63, 3.8) is 0 Å². The van der Waals surface area contributed by atoms with Crippen LogP contribution in [0.4, 0.5) is 10.5 Å². The number of amides is 1. The van der Waals surface area contributed by atoms with Crippen molar-refractivity contribution in [3.8, 4) is 17.6 Å². The number of hydrogen-bond donors (Lipinski definition) is 1. The zero-order valence-corrected chi connectivity index (χ0v) is 34.9. The number of nitrogens with one attached hydrogen (secondary N) is 1. The molecule has 0 spiro atoms. The molecule has 3 aromatic carbocycles. The molecular weight excluding hydrogens is 772 g/mol. The van der Waals surface area contributed by atoms with Gasteiger partial charge in [0.15, 0.2) is 13.2 Å². The van der Waals surface area contributed by atoms with Gasteiger partial charge in [0, 0.05) is 0 Å². The Hall–Kier alpha value is -3.17. The van der Waals surface area contributed by atoms with E-state index in [1.807, 2.05) is 57.2 Å². The van der Waals surface area contributed by atoms with Crippen LogP contribution in [-0.2, 0) is 19.9 Å². The van der Waals surface area contributed by atoms with E-state index in [1.165, 1.54) is 31.6 Å². The molecule has 0 aliphatic heterocycles. The van der Waals surface area contributed by atoms with Gasteiger partial charge in [-0.1, -0.05) is 0 Å². The third-order valence-corrected chi connectivity index (χ3v) is 21.5. The van der Waals surface area contributed by atoms with Gasteiger partial charge >= 0.3 is 261 Å².